The maximum absolute atomic E-state index is 12.4. The number of carbonyl (C=O) groups excluding carboxylic acids is 1. The van der Waals surface area contributed by atoms with Crippen LogP contribution in [0.15, 0.2) is 51.5 Å². The molecule has 0 aliphatic heterocycles. The minimum Gasteiger partial charge on any atom is -0.469 e. The second kappa shape index (κ2) is 9.49. The quantitative estimate of drug-likeness (QED) is 0.370. The normalized spacial score (nSPS) is 11.1. The van der Waals surface area contributed by atoms with Gasteiger partial charge in [0.15, 0.2) is 16.1 Å². The Balaban J connectivity index is 1.35. The van der Waals surface area contributed by atoms with Crippen LogP contribution in [0.2, 0.25) is 0 Å². The number of thioether (sulfide) groups is 1. The number of nitrogens with one attached hydrogen (secondary N) is 1. The van der Waals surface area contributed by atoms with Gasteiger partial charge in [-0.3, -0.25) is 4.79 Å². The maximum Gasteiger partial charge on any atom is 0.236 e. The molecule has 0 aliphatic rings. The summed E-state index contributed by atoms with van der Waals surface area (Å²) in [6, 6.07) is 10.3. The van der Waals surface area contributed by atoms with E-state index in [0.29, 0.717) is 16.1 Å². The van der Waals surface area contributed by atoms with Crippen molar-refractivity contribution in [1.29, 1.82) is 0 Å². The van der Waals surface area contributed by atoms with Crippen LogP contribution in [-0.2, 0) is 18.3 Å². The van der Waals surface area contributed by atoms with Crippen LogP contribution >= 0.6 is 23.1 Å². The van der Waals surface area contributed by atoms with E-state index in [1.54, 1.807) is 6.26 Å². The first-order chi connectivity index (χ1) is 15.0. The average Bonchev–Trinajstić information content (AvgIpc) is 3.48. The first-order valence-electron chi connectivity index (χ1n) is 9.96. The minimum absolute atomic E-state index is 0.131. The Morgan fingerprint density at radius 1 is 1.23 bits per heavy atom. The number of nitrogens with zero attached hydrogens (tertiary/aromatic N) is 4. The molecule has 3 aromatic heterocycles. The zero-order chi connectivity index (χ0) is 21.8. The summed E-state index contributed by atoms with van der Waals surface area (Å²) in [4.78, 5) is 17.0. The zero-order valence-corrected chi connectivity index (χ0v) is 19.2. The fourth-order valence-electron chi connectivity index (χ4n) is 3.17. The Kier molecular flexibility index (Phi) is 6.53. The molecule has 1 amide bonds. The van der Waals surface area contributed by atoms with Crippen molar-refractivity contribution in [2.45, 2.75) is 31.8 Å². The van der Waals surface area contributed by atoms with E-state index in [2.05, 4.69) is 51.7 Å². The molecule has 31 heavy (non-hydrogen) atoms. The number of aromatic nitrogens is 4. The van der Waals surface area contributed by atoms with Crippen molar-refractivity contribution in [3.63, 3.8) is 0 Å². The third-order valence-electron chi connectivity index (χ3n) is 4.81. The SMILES string of the molecule is CCCc1ccc(-c2csc(NC(=O)CSc3nnc(-c4ccoc4C)n3C)n2)cc1. The first kappa shape index (κ1) is 21.3. The molecule has 4 rings (SSSR count). The van der Waals surface area contributed by atoms with Crippen molar-refractivity contribution in [2.75, 3.05) is 11.1 Å². The molecular weight excluding hydrogens is 430 g/mol. The molecular formula is C22H23N5O2S2. The Morgan fingerprint density at radius 3 is 2.74 bits per heavy atom. The molecule has 0 atom stereocenters. The zero-order valence-electron chi connectivity index (χ0n) is 17.6. The Bertz CT molecular complexity index is 1180. The number of aryl methyl sites for hydroxylation is 2. The molecule has 0 spiro atoms. The number of furan rings is 1. The van der Waals surface area contributed by atoms with E-state index in [9.17, 15) is 4.79 Å². The van der Waals surface area contributed by atoms with Crippen LogP contribution in [0, 0.1) is 6.92 Å². The number of amides is 1. The molecule has 9 heteroatoms. The standard InChI is InChI=1S/C22H23N5O2S2/c1-4-5-15-6-8-16(9-7-15)18-12-30-21(23-18)24-19(28)13-31-22-26-25-20(27(22)3)17-10-11-29-14(17)2/h6-12H,4-5,13H2,1-3H3,(H,23,24,28). The molecule has 0 radical (unpaired) electrons. The molecule has 1 aromatic carbocycles. The summed E-state index contributed by atoms with van der Waals surface area (Å²) in [5.74, 6) is 1.58. The van der Waals surface area contributed by atoms with E-state index in [1.165, 1.54) is 28.7 Å². The summed E-state index contributed by atoms with van der Waals surface area (Å²) in [5.41, 5.74) is 4.13. The minimum atomic E-state index is -0.131. The first-order valence-corrected chi connectivity index (χ1v) is 11.8. The van der Waals surface area contributed by atoms with Crippen LogP contribution in [0.1, 0.15) is 24.7 Å². The van der Waals surface area contributed by atoms with Crippen molar-refractivity contribution >= 4 is 34.1 Å². The third kappa shape index (κ3) is 4.88. The summed E-state index contributed by atoms with van der Waals surface area (Å²) in [6.45, 7) is 4.05. The topological polar surface area (TPSA) is 85.8 Å². The summed E-state index contributed by atoms with van der Waals surface area (Å²) in [7, 11) is 1.88. The lowest BCUT2D eigenvalue weighted by molar-refractivity contribution is -0.113. The Morgan fingerprint density at radius 2 is 2.03 bits per heavy atom. The molecule has 4 aromatic rings. The summed E-state index contributed by atoms with van der Waals surface area (Å²) >= 11 is 2.75. The van der Waals surface area contributed by atoms with Crippen molar-refractivity contribution in [3.05, 3.63) is 53.3 Å². The van der Waals surface area contributed by atoms with E-state index < -0.39 is 0 Å². The van der Waals surface area contributed by atoms with Crippen LogP contribution in [0.5, 0.6) is 0 Å². The van der Waals surface area contributed by atoms with E-state index >= 15 is 0 Å². The maximum atomic E-state index is 12.4. The second-order valence-electron chi connectivity index (χ2n) is 7.08. The highest BCUT2D eigenvalue weighted by atomic mass is 32.2. The third-order valence-corrected chi connectivity index (χ3v) is 6.58. The lowest BCUT2D eigenvalue weighted by Gasteiger charge is -2.03. The largest absolute Gasteiger partial charge is 0.469 e. The second-order valence-corrected chi connectivity index (χ2v) is 8.88. The van der Waals surface area contributed by atoms with E-state index in [4.69, 9.17) is 4.42 Å². The van der Waals surface area contributed by atoms with Gasteiger partial charge in [-0.1, -0.05) is 49.4 Å². The molecule has 7 nitrogen and oxygen atoms in total. The van der Waals surface area contributed by atoms with Gasteiger partial charge in [0.05, 0.1) is 23.3 Å². The predicted octanol–water partition coefficient (Wildman–Crippen LogP) is 5.19. The van der Waals surface area contributed by atoms with Gasteiger partial charge in [-0.05, 0) is 25.0 Å². The molecule has 0 aliphatic carbocycles. The van der Waals surface area contributed by atoms with Gasteiger partial charge in [0.1, 0.15) is 5.76 Å². The van der Waals surface area contributed by atoms with E-state index in [0.717, 1.165) is 35.4 Å². The van der Waals surface area contributed by atoms with Crippen molar-refractivity contribution < 1.29 is 9.21 Å². The number of hydrogen-bond donors (Lipinski definition) is 1. The average molecular weight is 454 g/mol. The highest BCUT2D eigenvalue weighted by Crippen LogP contribution is 2.27. The van der Waals surface area contributed by atoms with Crippen molar-refractivity contribution in [3.8, 4) is 22.6 Å². The van der Waals surface area contributed by atoms with Crippen LogP contribution < -0.4 is 5.32 Å². The highest BCUT2D eigenvalue weighted by Gasteiger charge is 2.16. The van der Waals surface area contributed by atoms with Crippen LogP contribution in [0.25, 0.3) is 22.6 Å². The highest BCUT2D eigenvalue weighted by molar-refractivity contribution is 7.99. The fourth-order valence-corrected chi connectivity index (χ4v) is 4.62. The predicted molar refractivity (Wildman–Crippen MR) is 124 cm³/mol. The number of hydrogen-bond acceptors (Lipinski definition) is 7. The lowest BCUT2D eigenvalue weighted by atomic mass is 10.1. The van der Waals surface area contributed by atoms with E-state index in [1.807, 2.05) is 30.0 Å². The van der Waals surface area contributed by atoms with Gasteiger partial charge in [-0.15, -0.1) is 21.5 Å². The van der Waals surface area contributed by atoms with E-state index in [-0.39, 0.29) is 11.7 Å². The Labute approximate surface area is 188 Å². The van der Waals surface area contributed by atoms with Crippen LogP contribution in [0.3, 0.4) is 0 Å². The summed E-state index contributed by atoms with van der Waals surface area (Å²) in [5, 5.41) is 14.5. The molecule has 0 saturated carbocycles. The molecule has 0 fully saturated rings. The van der Waals surface area contributed by atoms with Crippen LogP contribution in [0.4, 0.5) is 5.13 Å². The van der Waals surface area contributed by atoms with Crippen LogP contribution in [-0.4, -0.2) is 31.4 Å². The van der Waals surface area contributed by atoms with Gasteiger partial charge in [-0.25, -0.2) is 4.98 Å². The number of thiazole rings is 1. The fraction of sp³-hybridized carbons (Fsp3) is 0.273. The monoisotopic (exact) mass is 453 g/mol. The lowest BCUT2D eigenvalue weighted by Crippen LogP contribution is -2.14. The number of carbonyl (C=O) groups is 1. The number of anilines is 1. The molecule has 0 unspecified atom stereocenters. The van der Waals surface area contributed by atoms with Gasteiger partial charge in [0.2, 0.25) is 5.91 Å². The molecule has 3 heterocycles. The van der Waals surface area contributed by atoms with Gasteiger partial charge >= 0.3 is 0 Å². The molecule has 0 bridgehead atoms. The summed E-state index contributed by atoms with van der Waals surface area (Å²) < 4.78 is 7.20. The van der Waals surface area contributed by atoms with Gasteiger partial charge in [-0.2, -0.15) is 0 Å². The Hall–Kier alpha value is -2.91. The number of benzene rings is 1. The van der Waals surface area contributed by atoms with Gasteiger partial charge in [0, 0.05) is 18.0 Å². The molecule has 0 saturated heterocycles. The van der Waals surface area contributed by atoms with Crippen molar-refractivity contribution in [1.82, 2.24) is 19.7 Å². The summed E-state index contributed by atoms with van der Waals surface area (Å²) in [6.07, 6.45) is 3.83. The van der Waals surface area contributed by atoms with Gasteiger partial charge < -0.3 is 14.3 Å². The van der Waals surface area contributed by atoms with Crippen molar-refractivity contribution in [2.24, 2.45) is 7.05 Å². The van der Waals surface area contributed by atoms with Gasteiger partial charge in [0.25, 0.3) is 0 Å². The number of rotatable bonds is 8. The molecule has 1 N–H and O–H groups in total. The smallest absolute Gasteiger partial charge is 0.236 e. The molecule has 160 valence electrons.